The van der Waals surface area contributed by atoms with Crippen LogP contribution >= 0.6 is 11.6 Å². The number of anilines is 2. The van der Waals surface area contributed by atoms with Crippen molar-refractivity contribution < 1.29 is 4.74 Å². The molecule has 3 N–H and O–H groups in total. The van der Waals surface area contributed by atoms with Gasteiger partial charge < -0.3 is 15.8 Å². The first-order chi connectivity index (χ1) is 8.58. The van der Waals surface area contributed by atoms with Crippen LogP contribution in [0.3, 0.4) is 0 Å². The van der Waals surface area contributed by atoms with Crippen LogP contribution in [0.1, 0.15) is 5.56 Å². The average molecular weight is 265 g/mol. The predicted molar refractivity (Wildman–Crippen MR) is 72.3 cm³/mol. The first kappa shape index (κ1) is 12.4. The van der Waals surface area contributed by atoms with Gasteiger partial charge in [-0.2, -0.15) is 9.97 Å². The lowest BCUT2D eigenvalue weighted by atomic mass is 10.2. The fourth-order valence-corrected chi connectivity index (χ4v) is 1.54. The van der Waals surface area contributed by atoms with Gasteiger partial charge in [-0.25, -0.2) is 0 Å². The van der Waals surface area contributed by atoms with Crippen molar-refractivity contribution in [2.24, 2.45) is 0 Å². The summed E-state index contributed by atoms with van der Waals surface area (Å²) in [6.07, 6.45) is 0. The topological polar surface area (TPSA) is 73.1 Å². The van der Waals surface area contributed by atoms with Crippen molar-refractivity contribution in [3.8, 4) is 11.6 Å². The zero-order valence-electron chi connectivity index (χ0n) is 10.1. The van der Waals surface area contributed by atoms with E-state index in [4.69, 9.17) is 22.1 Å². The van der Waals surface area contributed by atoms with E-state index in [0.717, 1.165) is 5.56 Å². The van der Waals surface area contributed by atoms with E-state index in [2.05, 4.69) is 15.3 Å². The third kappa shape index (κ3) is 2.81. The van der Waals surface area contributed by atoms with Crippen LogP contribution in [0, 0.1) is 6.92 Å². The van der Waals surface area contributed by atoms with Crippen LogP contribution in [0.15, 0.2) is 24.3 Å². The minimum Gasteiger partial charge on any atom is -0.439 e. The van der Waals surface area contributed by atoms with Gasteiger partial charge in [-0.15, -0.1) is 0 Å². The smallest absolute Gasteiger partial charge is 0.226 e. The number of hydrogen-bond donors (Lipinski definition) is 2. The molecule has 2 rings (SSSR count). The number of halogens is 1. The van der Waals surface area contributed by atoms with Crippen molar-refractivity contribution in [2.45, 2.75) is 6.92 Å². The van der Waals surface area contributed by atoms with Gasteiger partial charge in [0.1, 0.15) is 11.6 Å². The van der Waals surface area contributed by atoms with Crippen LogP contribution in [0.5, 0.6) is 11.6 Å². The number of benzene rings is 1. The lowest BCUT2D eigenvalue weighted by Crippen LogP contribution is -2.01. The Morgan fingerprint density at radius 3 is 2.72 bits per heavy atom. The summed E-state index contributed by atoms with van der Waals surface area (Å²) in [4.78, 5) is 7.98. The Labute approximate surface area is 110 Å². The molecule has 1 heterocycles. The van der Waals surface area contributed by atoms with Crippen molar-refractivity contribution in [1.29, 1.82) is 0 Å². The molecule has 0 bridgehead atoms. The summed E-state index contributed by atoms with van der Waals surface area (Å²) < 4.78 is 5.61. The van der Waals surface area contributed by atoms with E-state index < -0.39 is 0 Å². The van der Waals surface area contributed by atoms with Crippen LogP contribution in [-0.4, -0.2) is 17.0 Å². The molecule has 18 heavy (non-hydrogen) atoms. The summed E-state index contributed by atoms with van der Waals surface area (Å²) in [7, 11) is 1.75. The molecule has 0 aliphatic heterocycles. The van der Waals surface area contributed by atoms with Gasteiger partial charge in [0.05, 0.1) is 0 Å². The molecule has 0 saturated heterocycles. The number of nitrogens with two attached hydrogens (primary N) is 1. The quantitative estimate of drug-likeness (QED) is 0.892. The van der Waals surface area contributed by atoms with Crippen molar-refractivity contribution in [3.63, 3.8) is 0 Å². The summed E-state index contributed by atoms with van der Waals surface area (Å²) in [5.41, 5.74) is 6.51. The van der Waals surface area contributed by atoms with E-state index in [1.165, 1.54) is 0 Å². The van der Waals surface area contributed by atoms with Gasteiger partial charge in [0.15, 0.2) is 0 Å². The van der Waals surface area contributed by atoms with Crippen molar-refractivity contribution in [2.75, 3.05) is 18.1 Å². The van der Waals surface area contributed by atoms with Crippen molar-refractivity contribution >= 4 is 23.4 Å². The number of nitrogens with zero attached hydrogens (tertiary/aromatic N) is 2. The Kier molecular flexibility index (Phi) is 3.53. The molecule has 94 valence electrons. The Morgan fingerprint density at radius 2 is 2.06 bits per heavy atom. The van der Waals surface area contributed by atoms with E-state index in [-0.39, 0.29) is 5.95 Å². The third-order valence-corrected chi connectivity index (χ3v) is 2.75. The summed E-state index contributed by atoms with van der Waals surface area (Å²) >= 11 is 5.95. The molecule has 0 atom stereocenters. The van der Waals surface area contributed by atoms with Crippen LogP contribution in [0.2, 0.25) is 5.02 Å². The minimum absolute atomic E-state index is 0.155. The maximum atomic E-state index is 5.95. The van der Waals surface area contributed by atoms with Crippen molar-refractivity contribution in [1.82, 2.24) is 9.97 Å². The number of nitrogen functional groups attached to an aromatic ring is 1. The van der Waals surface area contributed by atoms with Crippen LogP contribution in [0.25, 0.3) is 0 Å². The maximum absolute atomic E-state index is 5.95. The highest BCUT2D eigenvalue weighted by Crippen LogP contribution is 2.26. The van der Waals surface area contributed by atoms with E-state index in [1.807, 2.05) is 13.0 Å². The molecule has 6 heteroatoms. The van der Waals surface area contributed by atoms with Crippen LogP contribution in [0.4, 0.5) is 11.8 Å². The maximum Gasteiger partial charge on any atom is 0.226 e. The number of aromatic nitrogens is 2. The summed E-state index contributed by atoms with van der Waals surface area (Å²) in [6, 6.07) is 7.04. The number of nitrogens with one attached hydrogen (secondary N) is 1. The lowest BCUT2D eigenvalue weighted by molar-refractivity contribution is 0.462. The first-order valence-corrected chi connectivity index (χ1v) is 5.72. The molecule has 0 fully saturated rings. The van der Waals surface area contributed by atoms with E-state index in [1.54, 1.807) is 25.2 Å². The molecule has 5 nitrogen and oxygen atoms in total. The Bertz CT molecular complexity index is 574. The van der Waals surface area contributed by atoms with E-state index in [9.17, 15) is 0 Å². The summed E-state index contributed by atoms with van der Waals surface area (Å²) in [5, 5.41) is 3.58. The molecular weight excluding hydrogens is 252 g/mol. The minimum atomic E-state index is 0.155. The molecule has 0 spiro atoms. The molecule has 0 radical (unpaired) electrons. The molecule has 2 aromatic rings. The summed E-state index contributed by atoms with van der Waals surface area (Å²) in [6.45, 7) is 1.91. The van der Waals surface area contributed by atoms with Gasteiger partial charge in [0.25, 0.3) is 0 Å². The van der Waals surface area contributed by atoms with Crippen LogP contribution in [-0.2, 0) is 0 Å². The molecule has 1 aromatic heterocycles. The number of aryl methyl sites for hydroxylation is 1. The first-order valence-electron chi connectivity index (χ1n) is 5.35. The zero-order chi connectivity index (χ0) is 13.1. The largest absolute Gasteiger partial charge is 0.439 e. The molecule has 1 aromatic carbocycles. The van der Waals surface area contributed by atoms with Gasteiger partial charge in [-0.3, -0.25) is 0 Å². The molecule has 0 aliphatic rings. The second-order valence-electron chi connectivity index (χ2n) is 3.71. The lowest BCUT2D eigenvalue weighted by Gasteiger charge is -2.08. The number of hydrogen-bond acceptors (Lipinski definition) is 5. The second-order valence-corrected chi connectivity index (χ2v) is 4.12. The molecule has 0 aliphatic carbocycles. The SMILES string of the molecule is CNc1cc(Oc2ccc(Cl)c(C)c2)nc(N)n1. The second kappa shape index (κ2) is 5.10. The number of ether oxygens (including phenoxy) is 1. The van der Waals surface area contributed by atoms with Gasteiger partial charge in [-0.05, 0) is 30.7 Å². The fraction of sp³-hybridized carbons (Fsp3) is 0.167. The number of rotatable bonds is 3. The Morgan fingerprint density at radius 1 is 1.28 bits per heavy atom. The Balaban J connectivity index is 2.27. The monoisotopic (exact) mass is 264 g/mol. The molecule has 0 saturated carbocycles. The van der Waals surface area contributed by atoms with Gasteiger partial charge in [-0.1, -0.05) is 11.6 Å². The molecular formula is C12H13ClN4O. The highest BCUT2D eigenvalue weighted by Gasteiger charge is 2.05. The highest BCUT2D eigenvalue weighted by molar-refractivity contribution is 6.31. The van der Waals surface area contributed by atoms with Gasteiger partial charge in [0, 0.05) is 18.1 Å². The molecule has 0 amide bonds. The van der Waals surface area contributed by atoms with Crippen molar-refractivity contribution in [3.05, 3.63) is 34.9 Å². The van der Waals surface area contributed by atoms with E-state index >= 15 is 0 Å². The van der Waals surface area contributed by atoms with E-state index in [0.29, 0.717) is 22.5 Å². The van der Waals surface area contributed by atoms with Gasteiger partial charge in [0.2, 0.25) is 11.8 Å². The highest BCUT2D eigenvalue weighted by atomic mass is 35.5. The Hall–Kier alpha value is -2.01. The normalized spacial score (nSPS) is 10.2. The fourth-order valence-electron chi connectivity index (χ4n) is 1.42. The third-order valence-electron chi connectivity index (χ3n) is 2.33. The summed E-state index contributed by atoms with van der Waals surface area (Å²) in [5.74, 6) is 1.79. The average Bonchev–Trinajstić information content (AvgIpc) is 2.33. The zero-order valence-corrected chi connectivity index (χ0v) is 10.8. The molecule has 0 unspecified atom stereocenters. The standard InChI is InChI=1S/C12H13ClN4O/c1-7-5-8(3-4-9(7)13)18-11-6-10(15-2)16-12(14)17-11/h3-6H,1-2H3,(H3,14,15,16,17). The van der Waals surface area contributed by atoms with Gasteiger partial charge >= 0.3 is 0 Å². The predicted octanol–water partition coefficient (Wildman–Crippen LogP) is 2.85. The van der Waals surface area contributed by atoms with Crippen LogP contribution < -0.4 is 15.8 Å².